The molecule has 1 aromatic carbocycles. The van der Waals surface area contributed by atoms with Gasteiger partial charge in [-0.3, -0.25) is 4.79 Å². The molecule has 0 amide bonds. The van der Waals surface area contributed by atoms with E-state index in [1.54, 1.807) is 6.92 Å². The lowest BCUT2D eigenvalue weighted by molar-refractivity contribution is -0.139. The third-order valence-corrected chi connectivity index (χ3v) is 2.92. The molecular weight excluding hydrogens is 204 g/mol. The van der Waals surface area contributed by atoms with Gasteiger partial charge in [0.2, 0.25) is 0 Å². The van der Waals surface area contributed by atoms with Crippen molar-refractivity contribution in [3.8, 4) is 0 Å². The van der Waals surface area contributed by atoms with E-state index in [1.165, 1.54) is 0 Å². The molecule has 3 heteroatoms. The molecule has 0 spiro atoms. The summed E-state index contributed by atoms with van der Waals surface area (Å²) in [7, 11) is 0. The Morgan fingerprint density at radius 1 is 1.25 bits per heavy atom. The van der Waals surface area contributed by atoms with Crippen molar-refractivity contribution in [1.82, 2.24) is 0 Å². The van der Waals surface area contributed by atoms with E-state index >= 15 is 0 Å². The fourth-order valence-electron chi connectivity index (χ4n) is 1.84. The third kappa shape index (κ3) is 3.35. The summed E-state index contributed by atoms with van der Waals surface area (Å²) in [5, 5.41) is 18.7. The summed E-state index contributed by atoms with van der Waals surface area (Å²) < 4.78 is 0. The van der Waals surface area contributed by atoms with Gasteiger partial charge in [0.25, 0.3) is 0 Å². The van der Waals surface area contributed by atoms with Crippen LogP contribution in [0.25, 0.3) is 0 Å². The van der Waals surface area contributed by atoms with Crippen LogP contribution in [0.1, 0.15) is 31.7 Å². The summed E-state index contributed by atoms with van der Waals surface area (Å²) in [4.78, 5) is 10.6. The molecule has 2 N–H and O–H groups in total. The van der Waals surface area contributed by atoms with E-state index in [0.717, 1.165) is 5.56 Å². The Labute approximate surface area is 95.7 Å². The topological polar surface area (TPSA) is 57.5 Å². The molecule has 0 saturated heterocycles. The zero-order chi connectivity index (χ0) is 12.1. The molecule has 3 nitrogen and oxygen atoms in total. The van der Waals surface area contributed by atoms with Crippen LogP contribution in [0.4, 0.5) is 0 Å². The highest BCUT2D eigenvalue weighted by Gasteiger charge is 2.23. The van der Waals surface area contributed by atoms with Gasteiger partial charge < -0.3 is 10.2 Å². The average Bonchev–Trinajstić information content (AvgIpc) is 2.27. The minimum atomic E-state index is -0.869. The highest BCUT2D eigenvalue weighted by Crippen LogP contribution is 2.25. The van der Waals surface area contributed by atoms with Crippen molar-refractivity contribution < 1.29 is 15.0 Å². The van der Waals surface area contributed by atoms with Crippen LogP contribution in [0.5, 0.6) is 0 Å². The number of aliphatic hydroxyl groups is 1. The summed E-state index contributed by atoms with van der Waals surface area (Å²) in [5.41, 5.74) is 1.03. The van der Waals surface area contributed by atoms with Crippen LogP contribution in [0.15, 0.2) is 30.3 Å². The second-order valence-electron chi connectivity index (χ2n) is 4.27. The van der Waals surface area contributed by atoms with E-state index in [-0.39, 0.29) is 18.3 Å². The number of carbonyl (C=O) groups is 1. The fraction of sp³-hybridized carbons (Fsp3) is 0.462. The maximum absolute atomic E-state index is 10.6. The van der Waals surface area contributed by atoms with Gasteiger partial charge in [-0.05, 0) is 11.5 Å². The smallest absolute Gasteiger partial charge is 0.303 e. The van der Waals surface area contributed by atoms with Gasteiger partial charge in [0, 0.05) is 5.92 Å². The van der Waals surface area contributed by atoms with E-state index in [9.17, 15) is 9.90 Å². The monoisotopic (exact) mass is 222 g/mol. The van der Waals surface area contributed by atoms with Crippen molar-refractivity contribution in [2.75, 3.05) is 0 Å². The lowest BCUT2D eigenvalue weighted by Crippen LogP contribution is -2.26. The van der Waals surface area contributed by atoms with Crippen molar-refractivity contribution in [3.63, 3.8) is 0 Å². The first kappa shape index (κ1) is 12.7. The van der Waals surface area contributed by atoms with Gasteiger partial charge in [0.1, 0.15) is 0 Å². The van der Waals surface area contributed by atoms with Gasteiger partial charge in [-0.25, -0.2) is 0 Å². The van der Waals surface area contributed by atoms with Crippen molar-refractivity contribution in [3.05, 3.63) is 35.9 Å². The number of carboxylic acids is 1. The normalized spacial score (nSPS) is 16.4. The second kappa shape index (κ2) is 5.66. The number of hydrogen-bond donors (Lipinski definition) is 2. The van der Waals surface area contributed by atoms with Crippen LogP contribution < -0.4 is 0 Å². The molecule has 0 bridgehead atoms. The zero-order valence-electron chi connectivity index (χ0n) is 9.63. The van der Waals surface area contributed by atoms with Gasteiger partial charge in [-0.2, -0.15) is 0 Å². The van der Waals surface area contributed by atoms with E-state index < -0.39 is 12.1 Å². The van der Waals surface area contributed by atoms with E-state index in [0.29, 0.717) is 0 Å². The molecule has 0 fully saturated rings. The Balaban J connectivity index is 2.67. The Morgan fingerprint density at radius 3 is 2.31 bits per heavy atom. The van der Waals surface area contributed by atoms with Gasteiger partial charge in [0.15, 0.2) is 0 Å². The summed E-state index contributed by atoms with van der Waals surface area (Å²) in [6.45, 7) is 3.68. The summed E-state index contributed by atoms with van der Waals surface area (Å²) in [6.07, 6.45) is -0.628. The maximum atomic E-state index is 10.6. The molecule has 0 heterocycles. The van der Waals surface area contributed by atoms with Crippen LogP contribution in [0.2, 0.25) is 0 Å². The van der Waals surface area contributed by atoms with Crippen LogP contribution in [-0.4, -0.2) is 22.3 Å². The number of hydrogen-bond acceptors (Lipinski definition) is 2. The molecular formula is C13H18O3. The SMILES string of the molecule is CC(CC(=O)O)C(O)C(C)c1ccccc1. The molecule has 1 rings (SSSR count). The highest BCUT2D eigenvalue weighted by molar-refractivity contribution is 5.67. The molecule has 0 saturated carbocycles. The molecule has 88 valence electrons. The molecule has 0 aliphatic carbocycles. The minimum Gasteiger partial charge on any atom is -0.481 e. The number of aliphatic carboxylic acids is 1. The fourth-order valence-corrected chi connectivity index (χ4v) is 1.84. The quantitative estimate of drug-likeness (QED) is 0.803. The summed E-state index contributed by atoms with van der Waals surface area (Å²) in [5.74, 6) is -1.16. The highest BCUT2D eigenvalue weighted by atomic mass is 16.4. The Bertz CT molecular complexity index is 334. The second-order valence-corrected chi connectivity index (χ2v) is 4.27. The number of rotatable bonds is 5. The van der Waals surface area contributed by atoms with Crippen LogP contribution >= 0.6 is 0 Å². The van der Waals surface area contributed by atoms with Crippen LogP contribution in [-0.2, 0) is 4.79 Å². The zero-order valence-corrected chi connectivity index (χ0v) is 9.63. The first-order valence-corrected chi connectivity index (χ1v) is 5.47. The number of carboxylic acid groups (broad SMARTS) is 1. The van der Waals surface area contributed by atoms with Crippen LogP contribution in [0.3, 0.4) is 0 Å². The number of aliphatic hydroxyl groups excluding tert-OH is 1. The Hall–Kier alpha value is -1.35. The first-order chi connectivity index (χ1) is 7.52. The van der Waals surface area contributed by atoms with Gasteiger partial charge in [-0.15, -0.1) is 0 Å². The molecule has 0 radical (unpaired) electrons. The lowest BCUT2D eigenvalue weighted by atomic mass is 9.86. The molecule has 0 aliphatic heterocycles. The predicted octanol–water partition coefficient (Wildman–Crippen LogP) is 2.26. The molecule has 3 unspecified atom stereocenters. The Kier molecular flexibility index (Phi) is 4.50. The van der Waals surface area contributed by atoms with E-state index in [1.807, 2.05) is 37.3 Å². The van der Waals surface area contributed by atoms with Crippen molar-refractivity contribution in [2.24, 2.45) is 5.92 Å². The number of benzene rings is 1. The molecule has 0 aliphatic rings. The van der Waals surface area contributed by atoms with Crippen LogP contribution in [0, 0.1) is 5.92 Å². The first-order valence-electron chi connectivity index (χ1n) is 5.47. The lowest BCUT2D eigenvalue weighted by Gasteiger charge is -2.24. The molecule has 0 aromatic heterocycles. The molecule has 1 aromatic rings. The standard InChI is InChI=1S/C13H18O3/c1-9(8-12(14)15)13(16)10(2)11-6-4-3-5-7-11/h3-7,9-10,13,16H,8H2,1-2H3,(H,14,15). The predicted molar refractivity (Wildman–Crippen MR) is 62.3 cm³/mol. The van der Waals surface area contributed by atoms with Gasteiger partial charge in [0.05, 0.1) is 12.5 Å². The van der Waals surface area contributed by atoms with Gasteiger partial charge >= 0.3 is 5.97 Å². The maximum Gasteiger partial charge on any atom is 0.303 e. The molecule has 16 heavy (non-hydrogen) atoms. The average molecular weight is 222 g/mol. The summed E-state index contributed by atoms with van der Waals surface area (Å²) >= 11 is 0. The van der Waals surface area contributed by atoms with Crippen molar-refractivity contribution >= 4 is 5.97 Å². The van der Waals surface area contributed by atoms with Crippen molar-refractivity contribution in [2.45, 2.75) is 32.3 Å². The summed E-state index contributed by atoms with van der Waals surface area (Å²) in [6, 6.07) is 9.65. The minimum absolute atomic E-state index is 0.00165. The molecule has 3 atom stereocenters. The van der Waals surface area contributed by atoms with Gasteiger partial charge in [-0.1, -0.05) is 44.2 Å². The Morgan fingerprint density at radius 2 is 1.81 bits per heavy atom. The van der Waals surface area contributed by atoms with E-state index in [2.05, 4.69) is 0 Å². The van der Waals surface area contributed by atoms with E-state index in [4.69, 9.17) is 5.11 Å². The largest absolute Gasteiger partial charge is 0.481 e. The third-order valence-electron chi connectivity index (χ3n) is 2.92. The van der Waals surface area contributed by atoms with Crippen molar-refractivity contribution in [1.29, 1.82) is 0 Å².